The molecule has 1 aromatic carbocycles. The van der Waals surface area contributed by atoms with E-state index in [0.29, 0.717) is 0 Å². The van der Waals surface area contributed by atoms with E-state index in [1.807, 2.05) is 18.2 Å². The highest BCUT2D eigenvalue weighted by Gasteiger charge is 2.10. The monoisotopic (exact) mass is 265 g/mol. The average molecular weight is 265 g/mol. The normalized spacial score (nSPS) is 12.6. The number of thioether (sulfide) groups is 1. The van der Waals surface area contributed by atoms with E-state index in [-0.39, 0.29) is 6.04 Å². The minimum absolute atomic E-state index is 0.0305. The van der Waals surface area contributed by atoms with Crippen molar-refractivity contribution in [2.24, 2.45) is 5.73 Å². The molecule has 0 bridgehead atoms. The van der Waals surface area contributed by atoms with Crippen LogP contribution in [0.4, 0.5) is 0 Å². The largest absolute Gasteiger partial charge is 0.322 e. The Morgan fingerprint density at radius 3 is 2.76 bits per heavy atom. The van der Waals surface area contributed by atoms with Gasteiger partial charge in [0.25, 0.3) is 0 Å². The molecule has 5 heteroatoms. The van der Waals surface area contributed by atoms with E-state index in [9.17, 15) is 0 Å². The number of rotatable bonds is 5. The SMILES string of the molecule is CCC(N)c1nnc(CSc2ccccc2)s1. The highest BCUT2D eigenvalue weighted by atomic mass is 32.2. The van der Waals surface area contributed by atoms with Gasteiger partial charge in [-0.3, -0.25) is 0 Å². The van der Waals surface area contributed by atoms with E-state index in [2.05, 4.69) is 29.3 Å². The summed E-state index contributed by atoms with van der Waals surface area (Å²) in [5.41, 5.74) is 5.92. The number of nitrogens with two attached hydrogens (primary N) is 1. The molecular weight excluding hydrogens is 250 g/mol. The van der Waals surface area contributed by atoms with E-state index in [4.69, 9.17) is 5.73 Å². The first-order valence-electron chi connectivity index (χ1n) is 5.55. The summed E-state index contributed by atoms with van der Waals surface area (Å²) < 4.78 is 0. The van der Waals surface area contributed by atoms with Crippen LogP contribution in [0.2, 0.25) is 0 Å². The lowest BCUT2D eigenvalue weighted by Crippen LogP contribution is -2.07. The summed E-state index contributed by atoms with van der Waals surface area (Å²) in [6.45, 7) is 2.06. The molecule has 0 aliphatic rings. The van der Waals surface area contributed by atoms with Crippen LogP contribution >= 0.6 is 23.1 Å². The van der Waals surface area contributed by atoms with Crippen molar-refractivity contribution >= 4 is 23.1 Å². The zero-order valence-electron chi connectivity index (χ0n) is 9.67. The zero-order valence-corrected chi connectivity index (χ0v) is 11.3. The Kier molecular flexibility index (Phi) is 4.53. The van der Waals surface area contributed by atoms with Gasteiger partial charge in [-0.2, -0.15) is 0 Å². The smallest absolute Gasteiger partial charge is 0.134 e. The molecule has 0 aliphatic carbocycles. The first-order valence-corrected chi connectivity index (χ1v) is 7.35. The van der Waals surface area contributed by atoms with Crippen LogP contribution in [-0.2, 0) is 5.75 Å². The molecule has 2 N–H and O–H groups in total. The van der Waals surface area contributed by atoms with Crippen LogP contribution in [0.5, 0.6) is 0 Å². The van der Waals surface area contributed by atoms with Crippen molar-refractivity contribution in [1.29, 1.82) is 0 Å². The lowest BCUT2D eigenvalue weighted by Gasteiger charge is -2.00. The molecule has 0 fully saturated rings. The molecule has 1 aromatic heterocycles. The van der Waals surface area contributed by atoms with E-state index < -0.39 is 0 Å². The third-order valence-electron chi connectivity index (χ3n) is 2.35. The Balaban J connectivity index is 1.94. The number of hydrogen-bond acceptors (Lipinski definition) is 5. The molecule has 2 aromatic rings. The number of benzene rings is 1. The van der Waals surface area contributed by atoms with Gasteiger partial charge in [0.2, 0.25) is 0 Å². The first-order chi connectivity index (χ1) is 8.29. The fourth-order valence-corrected chi connectivity index (χ4v) is 3.14. The fourth-order valence-electron chi connectivity index (χ4n) is 1.31. The molecule has 1 unspecified atom stereocenters. The molecule has 0 aliphatic heterocycles. The predicted octanol–water partition coefficient (Wildman–Crippen LogP) is 3.24. The van der Waals surface area contributed by atoms with Crippen LogP contribution in [0.15, 0.2) is 35.2 Å². The van der Waals surface area contributed by atoms with E-state index in [0.717, 1.165) is 22.2 Å². The molecule has 90 valence electrons. The van der Waals surface area contributed by atoms with Crippen LogP contribution in [0, 0.1) is 0 Å². The Hall–Kier alpha value is -0.910. The molecular formula is C12H15N3S2. The zero-order chi connectivity index (χ0) is 12.1. The average Bonchev–Trinajstić information content (AvgIpc) is 2.85. The van der Waals surface area contributed by atoms with Crippen molar-refractivity contribution in [2.45, 2.75) is 30.0 Å². The van der Waals surface area contributed by atoms with Crippen molar-refractivity contribution in [3.05, 3.63) is 40.3 Å². The van der Waals surface area contributed by atoms with Gasteiger partial charge < -0.3 is 5.73 Å². The van der Waals surface area contributed by atoms with Gasteiger partial charge in [0.1, 0.15) is 10.0 Å². The Morgan fingerprint density at radius 2 is 2.06 bits per heavy atom. The van der Waals surface area contributed by atoms with Gasteiger partial charge in [-0.1, -0.05) is 36.5 Å². The standard InChI is InChI=1S/C12H15N3S2/c1-2-10(13)12-15-14-11(17-12)8-16-9-6-4-3-5-7-9/h3-7,10H,2,8,13H2,1H3. The summed E-state index contributed by atoms with van der Waals surface area (Å²) in [6.07, 6.45) is 0.903. The maximum atomic E-state index is 5.92. The summed E-state index contributed by atoms with van der Waals surface area (Å²) in [6, 6.07) is 10.3. The van der Waals surface area contributed by atoms with E-state index in [1.165, 1.54) is 4.90 Å². The highest BCUT2D eigenvalue weighted by Crippen LogP contribution is 2.26. The quantitative estimate of drug-likeness (QED) is 0.843. The molecule has 3 nitrogen and oxygen atoms in total. The van der Waals surface area contributed by atoms with Gasteiger partial charge in [0, 0.05) is 4.90 Å². The Labute approximate surface area is 109 Å². The van der Waals surface area contributed by atoms with E-state index in [1.54, 1.807) is 23.1 Å². The summed E-state index contributed by atoms with van der Waals surface area (Å²) in [7, 11) is 0. The lowest BCUT2D eigenvalue weighted by molar-refractivity contribution is 0.682. The van der Waals surface area contributed by atoms with Crippen LogP contribution in [0.3, 0.4) is 0 Å². The molecule has 17 heavy (non-hydrogen) atoms. The van der Waals surface area contributed by atoms with Gasteiger partial charge in [-0.25, -0.2) is 0 Å². The predicted molar refractivity (Wildman–Crippen MR) is 73.1 cm³/mol. The number of aromatic nitrogens is 2. The summed E-state index contributed by atoms with van der Waals surface area (Å²) in [4.78, 5) is 1.25. The summed E-state index contributed by atoms with van der Waals surface area (Å²) >= 11 is 3.39. The molecule has 0 radical (unpaired) electrons. The minimum Gasteiger partial charge on any atom is -0.322 e. The molecule has 1 heterocycles. The second kappa shape index (κ2) is 6.14. The van der Waals surface area contributed by atoms with Crippen molar-refractivity contribution in [3.63, 3.8) is 0 Å². The number of nitrogens with zero attached hydrogens (tertiary/aromatic N) is 2. The molecule has 0 saturated heterocycles. The van der Waals surface area contributed by atoms with Crippen LogP contribution in [0.25, 0.3) is 0 Å². The van der Waals surface area contributed by atoms with E-state index >= 15 is 0 Å². The summed E-state index contributed by atoms with van der Waals surface area (Å²) in [5, 5.41) is 10.3. The van der Waals surface area contributed by atoms with Gasteiger partial charge in [-0.15, -0.1) is 22.0 Å². The summed E-state index contributed by atoms with van der Waals surface area (Å²) in [5.74, 6) is 0.859. The van der Waals surface area contributed by atoms with Crippen molar-refractivity contribution < 1.29 is 0 Å². The van der Waals surface area contributed by atoms with Crippen molar-refractivity contribution in [2.75, 3.05) is 0 Å². The minimum atomic E-state index is 0.0305. The molecule has 0 spiro atoms. The second-order valence-electron chi connectivity index (χ2n) is 3.65. The Bertz CT molecular complexity index is 456. The van der Waals surface area contributed by atoms with Crippen molar-refractivity contribution in [1.82, 2.24) is 10.2 Å². The fraction of sp³-hybridized carbons (Fsp3) is 0.333. The van der Waals surface area contributed by atoms with Gasteiger partial charge in [-0.05, 0) is 18.6 Å². The molecule has 1 atom stereocenters. The second-order valence-corrected chi connectivity index (χ2v) is 5.79. The highest BCUT2D eigenvalue weighted by molar-refractivity contribution is 7.98. The Morgan fingerprint density at radius 1 is 1.29 bits per heavy atom. The third kappa shape index (κ3) is 3.52. The maximum Gasteiger partial charge on any atom is 0.134 e. The topological polar surface area (TPSA) is 51.8 Å². The molecule has 0 amide bonds. The van der Waals surface area contributed by atoms with Crippen LogP contribution < -0.4 is 5.73 Å². The first kappa shape index (κ1) is 12.5. The molecule has 0 saturated carbocycles. The lowest BCUT2D eigenvalue weighted by atomic mass is 10.3. The molecule has 2 rings (SSSR count). The number of hydrogen-bond donors (Lipinski definition) is 1. The van der Waals surface area contributed by atoms with Gasteiger partial charge in [0.05, 0.1) is 11.8 Å². The maximum absolute atomic E-state index is 5.92. The van der Waals surface area contributed by atoms with Gasteiger partial charge in [0.15, 0.2) is 0 Å². The third-order valence-corrected chi connectivity index (χ3v) is 4.61. The van der Waals surface area contributed by atoms with Crippen LogP contribution in [-0.4, -0.2) is 10.2 Å². The van der Waals surface area contributed by atoms with Crippen LogP contribution in [0.1, 0.15) is 29.4 Å². The van der Waals surface area contributed by atoms with Gasteiger partial charge >= 0.3 is 0 Å². The van der Waals surface area contributed by atoms with Crippen molar-refractivity contribution in [3.8, 4) is 0 Å².